The van der Waals surface area contributed by atoms with Gasteiger partial charge in [0.2, 0.25) is 0 Å². The van der Waals surface area contributed by atoms with Crippen LogP contribution in [-0.2, 0) is 6.61 Å². The summed E-state index contributed by atoms with van der Waals surface area (Å²) in [6, 6.07) is 9.14. The number of aromatic nitrogens is 1. The van der Waals surface area contributed by atoms with Gasteiger partial charge in [-0.2, -0.15) is 0 Å². The number of nitrogens with zero attached hydrogens (tertiary/aromatic N) is 1. The highest BCUT2D eigenvalue weighted by Gasteiger charge is 2.03. The van der Waals surface area contributed by atoms with Crippen LogP contribution in [-0.4, -0.2) is 5.16 Å². The summed E-state index contributed by atoms with van der Waals surface area (Å²) in [4.78, 5) is 10.5. The van der Waals surface area contributed by atoms with Gasteiger partial charge in [0.15, 0.2) is 6.61 Å². The van der Waals surface area contributed by atoms with Crippen molar-refractivity contribution in [2.75, 3.05) is 0 Å². The Kier molecular flexibility index (Phi) is 2.31. The van der Waals surface area contributed by atoms with Gasteiger partial charge in [0.1, 0.15) is 5.75 Å². The van der Waals surface area contributed by atoms with Crippen LogP contribution in [0.15, 0.2) is 44.1 Å². The third kappa shape index (κ3) is 2.01. The van der Waals surface area contributed by atoms with Crippen molar-refractivity contribution < 1.29 is 13.7 Å². The summed E-state index contributed by atoms with van der Waals surface area (Å²) in [6.45, 7) is 0.0791. The number of hydrogen-bond acceptors (Lipinski definition) is 5. The Labute approximate surface area is 78.9 Å². The molecule has 2 aromatic rings. The highest BCUT2D eigenvalue weighted by Crippen LogP contribution is 2.09. The molecule has 2 rings (SSSR count). The van der Waals surface area contributed by atoms with E-state index < -0.39 is 5.82 Å². The van der Waals surface area contributed by atoms with E-state index >= 15 is 0 Å². The molecule has 5 nitrogen and oxygen atoms in total. The van der Waals surface area contributed by atoms with E-state index in [0.717, 1.165) is 0 Å². The minimum Gasteiger partial charge on any atom is -0.484 e. The molecule has 0 N–H and O–H groups in total. The molecular formula is C9H7NO4. The zero-order valence-corrected chi connectivity index (χ0v) is 7.17. The first-order valence-corrected chi connectivity index (χ1v) is 3.98. The van der Waals surface area contributed by atoms with Gasteiger partial charge in [-0.1, -0.05) is 18.2 Å². The molecule has 0 atom stereocenters. The maximum Gasteiger partial charge on any atom is 0.542 e. The lowest BCUT2D eigenvalue weighted by Crippen LogP contribution is -1.95. The van der Waals surface area contributed by atoms with Gasteiger partial charge in [0.25, 0.3) is 5.89 Å². The van der Waals surface area contributed by atoms with Gasteiger partial charge in [-0.05, 0) is 17.3 Å². The molecule has 5 heteroatoms. The molecule has 0 aliphatic heterocycles. The summed E-state index contributed by atoms with van der Waals surface area (Å²) in [5, 5.41) is 3.35. The Morgan fingerprint density at radius 3 is 2.71 bits per heavy atom. The monoisotopic (exact) mass is 193 g/mol. The summed E-state index contributed by atoms with van der Waals surface area (Å²) in [5.41, 5.74) is 0. The lowest BCUT2D eigenvalue weighted by atomic mass is 10.3. The first kappa shape index (κ1) is 8.55. The van der Waals surface area contributed by atoms with Gasteiger partial charge in [0, 0.05) is 0 Å². The Morgan fingerprint density at radius 1 is 1.29 bits per heavy atom. The summed E-state index contributed by atoms with van der Waals surface area (Å²) >= 11 is 0. The molecule has 72 valence electrons. The molecule has 0 fully saturated rings. The number of ether oxygens (including phenoxy) is 1. The van der Waals surface area contributed by atoms with Crippen LogP contribution in [0.5, 0.6) is 5.75 Å². The second-order valence-corrected chi connectivity index (χ2v) is 2.53. The van der Waals surface area contributed by atoms with Crippen molar-refractivity contribution in [2.24, 2.45) is 0 Å². The molecule has 14 heavy (non-hydrogen) atoms. The molecule has 0 saturated carbocycles. The van der Waals surface area contributed by atoms with Crippen molar-refractivity contribution in [3.8, 4) is 5.75 Å². The third-order valence-corrected chi connectivity index (χ3v) is 1.53. The summed E-state index contributed by atoms with van der Waals surface area (Å²) in [5.74, 6) is -0.0198. The normalized spacial score (nSPS) is 10.0. The van der Waals surface area contributed by atoms with Crippen LogP contribution in [0.4, 0.5) is 0 Å². The Balaban J connectivity index is 1.98. The van der Waals surface area contributed by atoms with Gasteiger partial charge in [-0.25, -0.2) is 4.79 Å². The van der Waals surface area contributed by atoms with Crippen molar-refractivity contribution in [1.29, 1.82) is 0 Å². The average molecular weight is 193 g/mol. The first-order chi connectivity index (χ1) is 6.84. The van der Waals surface area contributed by atoms with Crippen LogP contribution in [0.1, 0.15) is 5.89 Å². The van der Waals surface area contributed by atoms with Crippen molar-refractivity contribution >= 4 is 0 Å². The quantitative estimate of drug-likeness (QED) is 0.732. The predicted octanol–water partition coefficient (Wildman–Crippen LogP) is 1.21. The SMILES string of the molecule is O=c1onc(COc2ccccc2)o1. The molecule has 0 spiro atoms. The van der Waals surface area contributed by atoms with Crippen molar-refractivity contribution in [3.05, 3.63) is 46.8 Å². The summed E-state index contributed by atoms with van der Waals surface area (Å²) in [7, 11) is 0. The number of hydrogen-bond donors (Lipinski definition) is 0. The van der Waals surface area contributed by atoms with Crippen molar-refractivity contribution in [2.45, 2.75) is 6.61 Å². The summed E-state index contributed by atoms with van der Waals surface area (Å²) in [6.07, 6.45) is 0. The fourth-order valence-electron chi connectivity index (χ4n) is 0.939. The largest absolute Gasteiger partial charge is 0.542 e. The molecule has 0 radical (unpaired) electrons. The zero-order chi connectivity index (χ0) is 9.80. The second-order valence-electron chi connectivity index (χ2n) is 2.53. The molecule has 0 bridgehead atoms. The van der Waals surface area contributed by atoms with Gasteiger partial charge < -0.3 is 9.15 Å². The highest BCUT2D eigenvalue weighted by molar-refractivity contribution is 5.20. The molecule has 0 saturated heterocycles. The first-order valence-electron chi connectivity index (χ1n) is 3.98. The predicted molar refractivity (Wildman–Crippen MR) is 45.8 cm³/mol. The number of para-hydroxylation sites is 1. The van der Waals surface area contributed by atoms with Gasteiger partial charge in [0.05, 0.1) is 0 Å². The Morgan fingerprint density at radius 2 is 2.07 bits per heavy atom. The van der Waals surface area contributed by atoms with Crippen molar-refractivity contribution in [3.63, 3.8) is 0 Å². The van der Waals surface area contributed by atoms with Crippen LogP contribution in [0.2, 0.25) is 0 Å². The van der Waals surface area contributed by atoms with Crippen LogP contribution >= 0.6 is 0 Å². The van der Waals surface area contributed by atoms with E-state index in [0.29, 0.717) is 5.75 Å². The molecule has 1 heterocycles. The summed E-state index contributed by atoms with van der Waals surface area (Å²) < 4.78 is 14.0. The Hall–Kier alpha value is -2.04. The average Bonchev–Trinajstić information content (AvgIpc) is 2.63. The fraction of sp³-hybridized carbons (Fsp3) is 0.111. The van der Waals surface area contributed by atoms with E-state index in [-0.39, 0.29) is 12.5 Å². The number of benzene rings is 1. The minimum absolute atomic E-state index is 0.0791. The maximum atomic E-state index is 10.5. The number of rotatable bonds is 3. The molecule has 0 amide bonds. The molecule has 0 aliphatic carbocycles. The molecule has 0 aliphatic rings. The highest BCUT2D eigenvalue weighted by atomic mass is 16.6. The zero-order valence-electron chi connectivity index (χ0n) is 7.17. The second kappa shape index (κ2) is 3.78. The van der Waals surface area contributed by atoms with Crippen LogP contribution in [0.25, 0.3) is 0 Å². The Bertz CT molecular complexity index is 445. The molecule has 1 aromatic carbocycles. The van der Waals surface area contributed by atoms with Crippen molar-refractivity contribution in [1.82, 2.24) is 5.16 Å². The van der Waals surface area contributed by atoms with E-state index in [4.69, 9.17) is 4.74 Å². The lowest BCUT2D eigenvalue weighted by Gasteiger charge is -2.00. The molecule has 0 unspecified atom stereocenters. The van der Waals surface area contributed by atoms with Gasteiger partial charge >= 0.3 is 5.82 Å². The van der Waals surface area contributed by atoms with Crippen LogP contribution < -0.4 is 10.6 Å². The minimum atomic E-state index is -0.823. The van der Waals surface area contributed by atoms with E-state index in [1.54, 1.807) is 12.1 Å². The van der Waals surface area contributed by atoms with Crippen LogP contribution in [0.3, 0.4) is 0 Å². The smallest absolute Gasteiger partial charge is 0.484 e. The van der Waals surface area contributed by atoms with Crippen LogP contribution in [0, 0.1) is 0 Å². The van der Waals surface area contributed by atoms with E-state index in [9.17, 15) is 4.79 Å². The standard InChI is InChI=1S/C9H7NO4/c11-9-13-8(10-14-9)6-12-7-4-2-1-3-5-7/h1-5H,6H2. The molecular weight excluding hydrogens is 186 g/mol. The molecule has 1 aromatic heterocycles. The van der Waals surface area contributed by atoms with E-state index in [1.165, 1.54) is 0 Å². The van der Waals surface area contributed by atoms with Gasteiger partial charge in [-0.3, -0.25) is 4.52 Å². The fourth-order valence-corrected chi connectivity index (χ4v) is 0.939. The topological polar surface area (TPSA) is 65.5 Å². The van der Waals surface area contributed by atoms with Gasteiger partial charge in [-0.15, -0.1) is 0 Å². The maximum absolute atomic E-state index is 10.5. The van der Waals surface area contributed by atoms with E-state index in [2.05, 4.69) is 14.1 Å². The third-order valence-electron chi connectivity index (χ3n) is 1.53. The lowest BCUT2D eigenvalue weighted by molar-refractivity contribution is 0.259. The van der Waals surface area contributed by atoms with E-state index in [1.807, 2.05) is 18.2 Å².